The van der Waals surface area contributed by atoms with Gasteiger partial charge in [0, 0.05) is 0 Å². The highest BCUT2D eigenvalue weighted by atomic mass is 35.5. The van der Waals surface area contributed by atoms with Crippen molar-refractivity contribution in [3.63, 3.8) is 0 Å². The standard InChI is InChI=1S/C8H6ClNO2/c1-11-8-5-4-10-12-7(5)3-2-6(8)9/h2-4H,1H3. The maximum absolute atomic E-state index is 5.87. The first-order valence-electron chi connectivity index (χ1n) is 3.40. The fourth-order valence-corrected chi connectivity index (χ4v) is 1.34. The van der Waals surface area contributed by atoms with Gasteiger partial charge in [-0.25, -0.2) is 0 Å². The van der Waals surface area contributed by atoms with E-state index in [2.05, 4.69) is 5.16 Å². The van der Waals surface area contributed by atoms with Gasteiger partial charge in [0.15, 0.2) is 5.58 Å². The molecule has 0 N–H and O–H groups in total. The summed E-state index contributed by atoms with van der Waals surface area (Å²) in [6, 6.07) is 3.47. The van der Waals surface area contributed by atoms with Gasteiger partial charge in [-0.05, 0) is 12.1 Å². The third-order valence-electron chi connectivity index (χ3n) is 1.65. The summed E-state index contributed by atoms with van der Waals surface area (Å²) < 4.78 is 10.0. The Morgan fingerprint density at radius 3 is 3.08 bits per heavy atom. The maximum atomic E-state index is 5.87. The second-order valence-electron chi connectivity index (χ2n) is 2.32. The molecular formula is C8H6ClNO2. The van der Waals surface area contributed by atoms with Gasteiger partial charge in [0.2, 0.25) is 0 Å². The number of aromatic nitrogens is 1. The predicted molar refractivity (Wildman–Crippen MR) is 45.6 cm³/mol. The average Bonchev–Trinajstić information content (AvgIpc) is 2.52. The van der Waals surface area contributed by atoms with E-state index >= 15 is 0 Å². The van der Waals surface area contributed by atoms with Crippen LogP contribution in [0.3, 0.4) is 0 Å². The van der Waals surface area contributed by atoms with Gasteiger partial charge in [-0.15, -0.1) is 0 Å². The summed E-state index contributed by atoms with van der Waals surface area (Å²) in [4.78, 5) is 0. The van der Waals surface area contributed by atoms with Crippen LogP contribution in [0, 0.1) is 0 Å². The zero-order chi connectivity index (χ0) is 8.55. The summed E-state index contributed by atoms with van der Waals surface area (Å²) in [5.74, 6) is 0.607. The molecule has 0 saturated heterocycles. The van der Waals surface area contributed by atoms with Crippen molar-refractivity contribution >= 4 is 22.6 Å². The quantitative estimate of drug-likeness (QED) is 0.682. The van der Waals surface area contributed by atoms with Gasteiger partial charge >= 0.3 is 0 Å². The van der Waals surface area contributed by atoms with Crippen molar-refractivity contribution in [2.75, 3.05) is 7.11 Å². The van der Waals surface area contributed by atoms with Crippen molar-refractivity contribution < 1.29 is 9.26 Å². The van der Waals surface area contributed by atoms with Crippen LogP contribution in [-0.4, -0.2) is 12.3 Å². The van der Waals surface area contributed by atoms with E-state index in [1.165, 1.54) is 0 Å². The number of methoxy groups -OCH3 is 1. The van der Waals surface area contributed by atoms with E-state index in [9.17, 15) is 0 Å². The van der Waals surface area contributed by atoms with Crippen LogP contribution in [0.25, 0.3) is 11.0 Å². The fraction of sp³-hybridized carbons (Fsp3) is 0.125. The molecule has 0 amide bonds. The molecule has 0 aliphatic rings. The van der Waals surface area contributed by atoms with E-state index in [-0.39, 0.29) is 0 Å². The number of fused-ring (bicyclic) bond motifs is 1. The topological polar surface area (TPSA) is 35.3 Å². The van der Waals surface area contributed by atoms with Crippen LogP contribution in [-0.2, 0) is 0 Å². The molecule has 62 valence electrons. The molecular weight excluding hydrogens is 178 g/mol. The second kappa shape index (κ2) is 2.68. The molecule has 0 unspecified atom stereocenters. The van der Waals surface area contributed by atoms with Gasteiger partial charge in [-0.2, -0.15) is 0 Å². The van der Waals surface area contributed by atoms with Crippen LogP contribution in [0.4, 0.5) is 0 Å². The molecule has 12 heavy (non-hydrogen) atoms. The lowest BCUT2D eigenvalue weighted by Gasteiger charge is -2.01. The molecule has 1 aromatic heterocycles. The Kier molecular flexibility index (Phi) is 1.66. The smallest absolute Gasteiger partial charge is 0.170 e. The molecule has 0 fully saturated rings. The Hall–Kier alpha value is -1.22. The third kappa shape index (κ3) is 0.940. The van der Waals surface area contributed by atoms with Crippen LogP contribution in [0.2, 0.25) is 5.02 Å². The number of hydrogen-bond donors (Lipinski definition) is 0. The van der Waals surface area contributed by atoms with Gasteiger partial charge in [0.25, 0.3) is 0 Å². The average molecular weight is 184 g/mol. The summed E-state index contributed by atoms with van der Waals surface area (Å²) in [6.45, 7) is 0. The summed E-state index contributed by atoms with van der Waals surface area (Å²) in [5.41, 5.74) is 0.677. The zero-order valence-electron chi connectivity index (χ0n) is 6.37. The maximum Gasteiger partial charge on any atom is 0.170 e. The van der Waals surface area contributed by atoms with E-state index in [1.807, 2.05) is 0 Å². The van der Waals surface area contributed by atoms with Gasteiger partial charge < -0.3 is 9.26 Å². The van der Waals surface area contributed by atoms with Crippen LogP contribution < -0.4 is 4.74 Å². The molecule has 0 spiro atoms. The summed E-state index contributed by atoms with van der Waals surface area (Å²) in [5, 5.41) is 5.00. The normalized spacial score (nSPS) is 10.5. The third-order valence-corrected chi connectivity index (χ3v) is 1.94. The number of ether oxygens (including phenoxy) is 1. The van der Waals surface area contributed by atoms with Crippen molar-refractivity contribution in [2.24, 2.45) is 0 Å². The molecule has 4 heteroatoms. The lowest BCUT2D eigenvalue weighted by Crippen LogP contribution is -1.83. The number of hydrogen-bond acceptors (Lipinski definition) is 3. The predicted octanol–water partition coefficient (Wildman–Crippen LogP) is 2.49. The first kappa shape index (κ1) is 7.43. The molecule has 2 aromatic rings. The SMILES string of the molecule is COc1c(Cl)ccc2oncc12. The molecule has 0 radical (unpaired) electrons. The molecule has 0 aliphatic carbocycles. The first-order chi connectivity index (χ1) is 5.83. The van der Waals surface area contributed by atoms with Crippen LogP contribution >= 0.6 is 11.6 Å². The molecule has 1 heterocycles. The molecule has 0 aliphatic heterocycles. The molecule has 3 nitrogen and oxygen atoms in total. The number of benzene rings is 1. The fourth-order valence-electron chi connectivity index (χ4n) is 1.10. The van der Waals surface area contributed by atoms with Crippen molar-refractivity contribution in [3.8, 4) is 5.75 Å². The number of rotatable bonds is 1. The van der Waals surface area contributed by atoms with E-state index in [1.54, 1.807) is 25.4 Å². The Balaban J connectivity index is 2.83. The van der Waals surface area contributed by atoms with E-state index in [0.717, 1.165) is 5.39 Å². The largest absolute Gasteiger partial charge is 0.494 e. The van der Waals surface area contributed by atoms with E-state index in [0.29, 0.717) is 16.4 Å². The van der Waals surface area contributed by atoms with Crippen LogP contribution in [0.5, 0.6) is 5.75 Å². The highest BCUT2D eigenvalue weighted by molar-refractivity contribution is 6.33. The van der Waals surface area contributed by atoms with E-state index < -0.39 is 0 Å². The van der Waals surface area contributed by atoms with Crippen LogP contribution in [0.1, 0.15) is 0 Å². The monoisotopic (exact) mass is 183 g/mol. The highest BCUT2D eigenvalue weighted by Gasteiger charge is 2.08. The minimum absolute atomic E-state index is 0.563. The Morgan fingerprint density at radius 2 is 2.33 bits per heavy atom. The Bertz CT molecular complexity index is 410. The van der Waals surface area contributed by atoms with Gasteiger partial charge in [0.1, 0.15) is 5.75 Å². The van der Waals surface area contributed by atoms with Crippen molar-refractivity contribution in [1.29, 1.82) is 0 Å². The molecule has 0 bridgehead atoms. The minimum Gasteiger partial charge on any atom is -0.494 e. The lowest BCUT2D eigenvalue weighted by molar-refractivity contribution is 0.419. The zero-order valence-corrected chi connectivity index (χ0v) is 7.13. The van der Waals surface area contributed by atoms with Gasteiger partial charge in [-0.3, -0.25) is 0 Å². The summed E-state index contributed by atoms with van der Waals surface area (Å²) in [6.07, 6.45) is 1.58. The molecule has 1 aromatic carbocycles. The Morgan fingerprint density at radius 1 is 1.50 bits per heavy atom. The van der Waals surface area contributed by atoms with Gasteiger partial charge in [0.05, 0.1) is 23.7 Å². The number of nitrogens with zero attached hydrogens (tertiary/aromatic N) is 1. The van der Waals surface area contributed by atoms with Gasteiger partial charge in [-0.1, -0.05) is 16.8 Å². The van der Waals surface area contributed by atoms with Crippen LogP contribution in [0.15, 0.2) is 22.9 Å². The first-order valence-corrected chi connectivity index (χ1v) is 3.77. The second-order valence-corrected chi connectivity index (χ2v) is 2.73. The summed E-state index contributed by atoms with van der Waals surface area (Å²) >= 11 is 5.87. The molecule has 0 atom stereocenters. The lowest BCUT2D eigenvalue weighted by atomic mass is 10.2. The Labute approximate surface area is 73.9 Å². The van der Waals surface area contributed by atoms with Crippen molar-refractivity contribution in [3.05, 3.63) is 23.4 Å². The number of halogens is 1. The molecule has 2 rings (SSSR count). The minimum atomic E-state index is 0.563. The summed E-state index contributed by atoms with van der Waals surface area (Å²) in [7, 11) is 1.56. The van der Waals surface area contributed by atoms with Crippen molar-refractivity contribution in [1.82, 2.24) is 5.16 Å². The van der Waals surface area contributed by atoms with Crippen molar-refractivity contribution in [2.45, 2.75) is 0 Å². The van der Waals surface area contributed by atoms with E-state index in [4.69, 9.17) is 20.9 Å². The highest BCUT2D eigenvalue weighted by Crippen LogP contribution is 2.32. The molecule has 0 saturated carbocycles.